The summed E-state index contributed by atoms with van der Waals surface area (Å²) in [5.41, 5.74) is 3.29. The minimum Gasteiger partial charge on any atom is -0.352 e. The lowest BCUT2D eigenvalue weighted by molar-refractivity contribution is 0.805. The van der Waals surface area contributed by atoms with E-state index in [1.165, 1.54) is 0 Å². The molecule has 0 atom stereocenters. The Kier molecular flexibility index (Phi) is 6.04. The van der Waals surface area contributed by atoms with Crippen molar-refractivity contribution in [1.29, 1.82) is 0 Å². The zero-order chi connectivity index (χ0) is 17.5. The number of benzene rings is 2. The Morgan fingerprint density at radius 2 is 1.76 bits per heavy atom. The maximum Gasteiger partial charge on any atom is 0.191 e. The van der Waals surface area contributed by atoms with Crippen LogP contribution >= 0.6 is 22.9 Å². The van der Waals surface area contributed by atoms with Gasteiger partial charge in [0.15, 0.2) is 5.96 Å². The van der Waals surface area contributed by atoms with Gasteiger partial charge in [-0.3, -0.25) is 4.99 Å². The molecule has 3 rings (SSSR count). The van der Waals surface area contributed by atoms with Crippen LogP contribution in [0.1, 0.15) is 10.6 Å². The van der Waals surface area contributed by atoms with Gasteiger partial charge >= 0.3 is 0 Å². The van der Waals surface area contributed by atoms with Gasteiger partial charge in [0.1, 0.15) is 5.01 Å². The maximum atomic E-state index is 5.90. The first-order chi connectivity index (χ1) is 12.2. The summed E-state index contributed by atoms with van der Waals surface area (Å²) in [4.78, 5) is 8.92. The fourth-order valence-corrected chi connectivity index (χ4v) is 3.17. The molecule has 4 nitrogen and oxygen atoms in total. The summed E-state index contributed by atoms with van der Waals surface area (Å²) in [6.07, 6.45) is 0. The van der Waals surface area contributed by atoms with Gasteiger partial charge in [-0.25, -0.2) is 4.98 Å². The number of aromatic nitrogens is 1. The predicted octanol–water partition coefficient (Wildman–Crippen LogP) is 4.33. The SMILES string of the molecule is CN=C(NCc1ccc(Cl)cc1)NCc1nc(-c2ccccc2)cs1. The fourth-order valence-electron chi connectivity index (χ4n) is 2.30. The molecule has 0 aliphatic heterocycles. The first-order valence-corrected chi connectivity index (χ1v) is 9.19. The van der Waals surface area contributed by atoms with Gasteiger partial charge in [-0.1, -0.05) is 54.1 Å². The summed E-state index contributed by atoms with van der Waals surface area (Å²) >= 11 is 7.55. The molecule has 0 bridgehead atoms. The maximum absolute atomic E-state index is 5.90. The number of rotatable bonds is 5. The Balaban J connectivity index is 1.53. The van der Waals surface area contributed by atoms with Gasteiger partial charge in [0.2, 0.25) is 0 Å². The number of hydrogen-bond donors (Lipinski definition) is 2. The van der Waals surface area contributed by atoms with Crippen LogP contribution in [0.4, 0.5) is 0 Å². The number of hydrogen-bond acceptors (Lipinski definition) is 3. The van der Waals surface area contributed by atoms with Gasteiger partial charge in [0, 0.05) is 29.6 Å². The molecule has 1 aromatic heterocycles. The molecule has 2 aromatic carbocycles. The van der Waals surface area contributed by atoms with E-state index in [4.69, 9.17) is 11.6 Å². The Labute approximate surface area is 156 Å². The molecule has 128 valence electrons. The highest BCUT2D eigenvalue weighted by Gasteiger charge is 2.05. The smallest absolute Gasteiger partial charge is 0.191 e. The second-order valence-electron chi connectivity index (χ2n) is 5.40. The van der Waals surface area contributed by atoms with Crippen molar-refractivity contribution >= 4 is 28.9 Å². The first-order valence-electron chi connectivity index (χ1n) is 7.93. The molecule has 0 aliphatic carbocycles. The van der Waals surface area contributed by atoms with E-state index in [9.17, 15) is 0 Å². The lowest BCUT2D eigenvalue weighted by atomic mass is 10.2. The molecule has 1 heterocycles. The quantitative estimate of drug-likeness (QED) is 0.519. The third-order valence-corrected chi connectivity index (χ3v) is 4.73. The summed E-state index contributed by atoms with van der Waals surface area (Å²) in [6.45, 7) is 1.32. The van der Waals surface area contributed by atoms with Crippen molar-refractivity contribution in [3.05, 3.63) is 75.6 Å². The van der Waals surface area contributed by atoms with E-state index in [0.717, 1.165) is 32.8 Å². The summed E-state index contributed by atoms with van der Waals surface area (Å²) in [5.74, 6) is 0.742. The number of guanidine groups is 1. The second kappa shape index (κ2) is 8.65. The monoisotopic (exact) mass is 370 g/mol. The normalized spacial score (nSPS) is 11.4. The molecule has 0 radical (unpaired) electrons. The van der Waals surface area contributed by atoms with Gasteiger partial charge < -0.3 is 10.6 Å². The van der Waals surface area contributed by atoms with Crippen molar-refractivity contribution in [3.63, 3.8) is 0 Å². The molecular weight excluding hydrogens is 352 g/mol. The predicted molar refractivity (Wildman–Crippen MR) is 106 cm³/mol. The van der Waals surface area contributed by atoms with Crippen LogP contribution in [0, 0.1) is 0 Å². The van der Waals surface area contributed by atoms with Crippen molar-refractivity contribution in [2.75, 3.05) is 7.05 Å². The van der Waals surface area contributed by atoms with Gasteiger partial charge in [-0.15, -0.1) is 11.3 Å². The van der Waals surface area contributed by atoms with Crippen LogP contribution in [-0.2, 0) is 13.1 Å². The Bertz CT molecular complexity index is 828. The molecule has 0 saturated carbocycles. The molecule has 0 saturated heterocycles. The molecule has 6 heteroatoms. The molecule has 2 N–H and O–H groups in total. The van der Waals surface area contributed by atoms with Crippen LogP contribution in [-0.4, -0.2) is 18.0 Å². The van der Waals surface area contributed by atoms with E-state index in [1.807, 2.05) is 42.5 Å². The van der Waals surface area contributed by atoms with Crippen LogP contribution in [0.25, 0.3) is 11.3 Å². The molecular formula is C19H19ClN4S. The highest BCUT2D eigenvalue weighted by atomic mass is 35.5. The highest BCUT2D eigenvalue weighted by Crippen LogP contribution is 2.21. The highest BCUT2D eigenvalue weighted by molar-refractivity contribution is 7.09. The summed E-state index contributed by atoms with van der Waals surface area (Å²) < 4.78 is 0. The average molecular weight is 371 g/mol. The van der Waals surface area contributed by atoms with Crippen LogP contribution in [0.15, 0.2) is 65.0 Å². The molecule has 3 aromatic rings. The fraction of sp³-hybridized carbons (Fsp3) is 0.158. The van der Waals surface area contributed by atoms with Crippen molar-refractivity contribution in [1.82, 2.24) is 15.6 Å². The summed E-state index contributed by atoms with van der Waals surface area (Å²) in [6, 6.07) is 18.0. The molecule has 0 amide bonds. The zero-order valence-electron chi connectivity index (χ0n) is 13.9. The van der Waals surface area contributed by atoms with Crippen molar-refractivity contribution in [2.24, 2.45) is 4.99 Å². The largest absolute Gasteiger partial charge is 0.352 e. The van der Waals surface area contributed by atoms with E-state index in [0.29, 0.717) is 13.1 Å². The van der Waals surface area contributed by atoms with Crippen LogP contribution in [0.2, 0.25) is 5.02 Å². The number of nitrogens with zero attached hydrogens (tertiary/aromatic N) is 2. The number of nitrogens with one attached hydrogen (secondary N) is 2. The van der Waals surface area contributed by atoms with Crippen LogP contribution in [0.3, 0.4) is 0 Å². The van der Waals surface area contributed by atoms with E-state index in [1.54, 1.807) is 18.4 Å². The summed E-state index contributed by atoms with van der Waals surface area (Å²) in [7, 11) is 1.76. The van der Waals surface area contributed by atoms with E-state index in [2.05, 4.69) is 38.1 Å². The minimum absolute atomic E-state index is 0.637. The lowest BCUT2D eigenvalue weighted by Gasteiger charge is -2.11. The van der Waals surface area contributed by atoms with E-state index in [-0.39, 0.29) is 0 Å². The number of thiazole rings is 1. The van der Waals surface area contributed by atoms with Gasteiger partial charge in [-0.05, 0) is 17.7 Å². The number of halogens is 1. The minimum atomic E-state index is 0.637. The third kappa shape index (κ3) is 5.05. The standard InChI is InChI=1S/C19H19ClN4S/c1-21-19(22-11-14-7-9-16(20)10-8-14)23-12-18-24-17(13-25-18)15-5-3-2-4-6-15/h2-10,13H,11-12H2,1H3,(H2,21,22,23). The Morgan fingerprint density at radius 3 is 2.48 bits per heavy atom. The molecule has 0 spiro atoms. The van der Waals surface area contributed by atoms with Crippen molar-refractivity contribution < 1.29 is 0 Å². The van der Waals surface area contributed by atoms with E-state index < -0.39 is 0 Å². The zero-order valence-corrected chi connectivity index (χ0v) is 15.4. The van der Waals surface area contributed by atoms with Crippen molar-refractivity contribution in [2.45, 2.75) is 13.1 Å². The molecule has 0 aliphatic rings. The molecule has 0 unspecified atom stereocenters. The van der Waals surface area contributed by atoms with Crippen LogP contribution in [0.5, 0.6) is 0 Å². The Morgan fingerprint density at radius 1 is 1.04 bits per heavy atom. The molecule has 0 fully saturated rings. The van der Waals surface area contributed by atoms with E-state index >= 15 is 0 Å². The second-order valence-corrected chi connectivity index (χ2v) is 6.78. The van der Waals surface area contributed by atoms with Gasteiger partial charge in [0.25, 0.3) is 0 Å². The Hall–Kier alpha value is -2.37. The summed E-state index contributed by atoms with van der Waals surface area (Å²) in [5, 5.41) is 10.4. The first kappa shape index (κ1) is 17.5. The molecule has 25 heavy (non-hydrogen) atoms. The topological polar surface area (TPSA) is 49.3 Å². The lowest BCUT2D eigenvalue weighted by Crippen LogP contribution is -2.36. The van der Waals surface area contributed by atoms with Gasteiger partial charge in [-0.2, -0.15) is 0 Å². The average Bonchev–Trinajstić information content (AvgIpc) is 3.13. The van der Waals surface area contributed by atoms with Crippen molar-refractivity contribution in [3.8, 4) is 11.3 Å². The van der Waals surface area contributed by atoms with Gasteiger partial charge in [0.05, 0.1) is 12.2 Å². The van der Waals surface area contributed by atoms with Crippen LogP contribution < -0.4 is 10.6 Å². The number of aliphatic imine (C=N–C) groups is 1. The third-order valence-electron chi connectivity index (χ3n) is 3.63.